The molecule has 1 N–H and O–H groups in total. The fourth-order valence-electron chi connectivity index (χ4n) is 2.31. The summed E-state index contributed by atoms with van der Waals surface area (Å²) in [5, 5.41) is 4.40. The number of aromatic nitrogens is 3. The second-order valence-electron chi connectivity index (χ2n) is 4.53. The molecule has 0 aliphatic rings. The number of nitrogens with one attached hydrogen (secondary N) is 1. The van der Waals surface area contributed by atoms with Crippen molar-refractivity contribution in [3.8, 4) is 5.82 Å². The van der Waals surface area contributed by atoms with Crippen LogP contribution >= 0.6 is 0 Å². The van der Waals surface area contributed by atoms with Crippen molar-refractivity contribution in [2.24, 2.45) is 0 Å². The van der Waals surface area contributed by atoms with Gasteiger partial charge in [-0.2, -0.15) is 0 Å². The number of imidazole rings is 1. The third-order valence-electron chi connectivity index (χ3n) is 3.23. The largest absolute Gasteiger partial charge is 0.316 e. The van der Waals surface area contributed by atoms with E-state index in [1.54, 1.807) is 6.20 Å². The van der Waals surface area contributed by atoms with Crippen LogP contribution in [-0.4, -0.2) is 21.6 Å². The van der Waals surface area contributed by atoms with Crippen LogP contribution in [0.25, 0.3) is 16.7 Å². The molecule has 0 fully saturated rings. The Kier molecular flexibility index (Phi) is 3.01. The Hall–Kier alpha value is -2.20. The van der Waals surface area contributed by atoms with Crippen molar-refractivity contribution in [2.45, 2.75) is 13.5 Å². The molecule has 3 aromatic rings. The second-order valence-corrected chi connectivity index (χ2v) is 4.53. The maximum atomic E-state index is 4.72. The lowest BCUT2D eigenvalue weighted by molar-refractivity contribution is 0.819. The van der Waals surface area contributed by atoms with E-state index in [4.69, 9.17) is 4.98 Å². The number of fused-ring (bicyclic) bond motifs is 1. The normalized spacial score (nSPS) is 11.1. The van der Waals surface area contributed by atoms with Crippen LogP contribution in [-0.2, 0) is 6.54 Å². The third-order valence-corrected chi connectivity index (χ3v) is 3.23. The molecule has 4 nitrogen and oxygen atoms in total. The molecule has 3 rings (SSSR count). The minimum atomic E-state index is 0.823. The van der Waals surface area contributed by atoms with Crippen LogP contribution in [0, 0.1) is 6.92 Å². The zero-order chi connectivity index (χ0) is 13.2. The molecule has 2 heterocycles. The molecule has 0 aliphatic carbocycles. The lowest BCUT2D eigenvalue weighted by Gasteiger charge is -2.10. The second kappa shape index (κ2) is 4.82. The molecule has 1 aromatic carbocycles. The van der Waals surface area contributed by atoms with E-state index in [1.165, 1.54) is 10.9 Å². The van der Waals surface area contributed by atoms with Gasteiger partial charge in [0.2, 0.25) is 0 Å². The highest BCUT2D eigenvalue weighted by molar-refractivity contribution is 5.83. The Morgan fingerprint density at radius 2 is 2.11 bits per heavy atom. The van der Waals surface area contributed by atoms with Crippen LogP contribution in [0.5, 0.6) is 0 Å². The van der Waals surface area contributed by atoms with E-state index in [9.17, 15) is 0 Å². The molecule has 0 saturated heterocycles. The molecule has 0 saturated carbocycles. The smallest absolute Gasteiger partial charge is 0.139 e. The predicted octanol–water partition coefficient (Wildman–Crippen LogP) is 2.45. The Labute approximate surface area is 112 Å². The van der Waals surface area contributed by atoms with Crippen molar-refractivity contribution in [2.75, 3.05) is 7.05 Å². The number of nitrogens with zero attached hydrogens (tertiary/aromatic N) is 3. The quantitative estimate of drug-likeness (QED) is 0.778. The standard InChI is InChI=1S/C15H16N4/c1-11-17-7-8-19(11)15-9-12(10-16-2)13-5-3-4-6-14(13)18-15/h3-9,16H,10H2,1-2H3. The highest BCUT2D eigenvalue weighted by atomic mass is 15.1. The van der Waals surface area contributed by atoms with Crippen molar-refractivity contribution in [1.82, 2.24) is 19.9 Å². The molecular formula is C15H16N4. The number of hydrogen-bond acceptors (Lipinski definition) is 3. The van der Waals surface area contributed by atoms with Gasteiger partial charge >= 0.3 is 0 Å². The van der Waals surface area contributed by atoms with Gasteiger partial charge in [-0.15, -0.1) is 0 Å². The van der Waals surface area contributed by atoms with Gasteiger partial charge < -0.3 is 5.32 Å². The molecule has 19 heavy (non-hydrogen) atoms. The topological polar surface area (TPSA) is 42.7 Å². The monoisotopic (exact) mass is 252 g/mol. The van der Waals surface area contributed by atoms with E-state index in [1.807, 2.05) is 42.9 Å². The maximum Gasteiger partial charge on any atom is 0.139 e. The van der Waals surface area contributed by atoms with Crippen molar-refractivity contribution < 1.29 is 0 Å². The van der Waals surface area contributed by atoms with E-state index in [-0.39, 0.29) is 0 Å². The summed E-state index contributed by atoms with van der Waals surface area (Å²) in [4.78, 5) is 8.97. The number of para-hydroxylation sites is 1. The molecule has 96 valence electrons. The van der Waals surface area contributed by atoms with Gasteiger partial charge in [0.15, 0.2) is 0 Å². The average molecular weight is 252 g/mol. The SMILES string of the molecule is CNCc1cc(-n2ccnc2C)nc2ccccc12. The molecule has 0 bridgehead atoms. The molecular weight excluding hydrogens is 236 g/mol. The number of pyridine rings is 1. The first-order valence-electron chi connectivity index (χ1n) is 6.33. The zero-order valence-corrected chi connectivity index (χ0v) is 11.1. The van der Waals surface area contributed by atoms with E-state index < -0.39 is 0 Å². The minimum absolute atomic E-state index is 0.823. The summed E-state index contributed by atoms with van der Waals surface area (Å²) in [7, 11) is 1.96. The van der Waals surface area contributed by atoms with Crippen molar-refractivity contribution >= 4 is 10.9 Å². The highest BCUT2D eigenvalue weighted by Crippen LogP contribution is 2.20. The van der Waals surface area contributed by atoms with Crippen molar-refractivity contribution in [3.05, 3.63) is 54.1 Å². The fourth-order valence-corrected chi connectivity index (χ4v) is 2.31. The lowest BCUT2D eigenvalue weighted by Crippen LogP contribution is -2.08. The molecule has 0 aliphatic heterocycles. The molecule has 2 aromatic heterocycles. The minimum Gasteiger partial charge on any atom is -0.316 e. The summed E-state index contributed by atoms with van der Waals surface area (Å²) in [5.74, 6) is 1.86. The fraction of sp³-hybridized carbons (Fsp3) is 0.200. The summed E-state index contributed by atoms with van der Waals surface area (Å²) < 4.78 is 2.01. The highest BCUT2D eigenvalue weighted by Gasteiger charge is 2.07. The third kappa shape index (κ3) is 2.11. The van der Waals surface area contributed by atoms with Crippen LogP contribution in [0.15, 0.2) is 42.7 Å². The predicted molar refractivity (Wildman–Crippen MR) is 76.4 cm³/mol. The Morgan fingerprint density at radius 1 is 1.26 bits per heavy atom. The van der Waals surface area contributed by atoms with Crippen LogP contribution in [0.3, 0.4) is 0 Å². The zero-order valence-electron chi connectivity index (χ0n) is 11.1. The van der Waals surface area contributed by atoms with E-state index >= 15 is 0 Å². The average Bonchev–Trinajstić information content (AvgIpc) is 2.85. The van der Waals surface area contributed by atoms with Gasteiger partial charge in [0, 0.05) is 24.3 Å². The Morgan fingerprint density at radius 3 is 2.84 bits per heavy atom. The maximum absolute atomic E-state index is 4.72. The van der Waals surface area contributed by atoms with E-state index in [0.717, 1.165) is 23.7 Å². The van der Waals surface area contributed by atoms with E-state index in [2.05, 4.69) is 22.4 Å². The van der Waals surface area contributed by atoms with E-state index in [0.29, 0.717) is 0 Å². The van der Waals surface area contributed by atoms with Gasteiger partial charge in [-0.05, 0) is 31.7 Å². The van der Waals surface area contributed by atoms with Gasteiger partial charge in [-0.25, -0.2) is 9.97 Å². The summed E-state index contributed by atoms with van der Waals surface area (Å²) >= 11 is 0. The van der Waals surface area contributed by atoms with Gasteiger partial charge in [-0.1, -0.05) is 18.2 Å². The lowest BCUT2D eigenvalue weighted by atomic mass is 10.1. The number of benzene rings is 1. The van der Waals surface area contributed by atoms with Crippen molar-refractivity contribution in [3.63, 3.8) is 0 Å². The molecule has 0 amide bonds. The molecule has 0 atom stereocenters. The summed E-state index contributed by atoms with van der Waals surface area (Å²) in [6.07, 6.45) is 3.74. The number of rotatable bonds is 3. The first kappa shape index (κ1) is 11.9. The van der Waals surface area contributed by atoms with Crippen molar-refractivity contribution in [1.29, 1.82) is 0 Å². The van der Waals surface area contributed by atoms with Crippen LogP contribution in [0.1, 0.15) is 11.4 Å². The van der Waals surface area contributed by atoms with Gasteiger partial charge in [0.05, 0.1) is 5.52 Å². The van der Waals surface area contributed by atoms with Crippen LogP contribution in [0.2, 0.25) is 0 Å². The number of hydrogen-bond donors (Lipinski definition) is 1. The molecule has 0 radical (unpaired) electrons. The van der Waals surface area contributed by atoms with Gasteiger partial charge in [-0.3, -0.25) is 4.57 Å². The van der Waals surface area contributed by atoms with Crippen LogP contribution < -0.4 is 5.32 Å². The summed E-state index contributed by atoms with van der Waals surface area (Å²) in [5.41, 5.74) is 2.26. The van der Waals surface area contributed by atoms with Crippen LogP contribution in [0.4, 0.5) is 0 Å². The Bertz CT molecular complexity index is 715. The first-order valence-corrected chi connectivity index (χ1v) is 6.33. The molecule has 0 spiro atoms. The molecule has 4 heteroatoms. The summed E-state index contributed by atoms with van der Waals surface area (Å²) in [6.45, 7) is 2.80. The summed E-state index contributed by atoms with van der Waals surface area (Å²) in [6, 6.07) is 10.3. The number of aryl methyl sites for hydroxylation is 1. The molecule has 0 unspecified atom stereocenters. The van der Waals surface area contributed by atoms with Gasteiger partial charge in [0.1, 0.15) is 11.6 Å². The Balaban J connectivity index is 2.24. The first-order chi connectivity index (χ1) is 9.29. The van der Waals surface area contributed by atoms with Gasteiger partial charge in [0.25, 0.3) is 0 Å².